The van der Waals surface area contributed by atoms with E-state index in [-0.39, 0.29) is 0 Å². The third-order valence-electron chi connectivity index (χ3n) is 2.50. The maximum Gasteiger partial charge on any atom is 0.134 e. The summed E-state index contributed by atoms with van der Waals surface area (Å²) in [5.74, 6) is 1.96. The van der Waals surface area contributed by atoms with Crippen LogP contribution in [0.25, 0.3) is 11.3 Å². The van der Waals surface area contributed by atoms with E-state index in [1.165, 1.54) is 11.1 Å². The van der Waals surface area contributed by atoms with E-state index in [0.717, 1.165) is 17.1 Å². The van der Waals surface area contributed by atoms with Crippen LogP contribution in [0.5, 0.6) is 0 Å². The van der Waals surface area contributed by atoms with Gasteiger partial charge in [-0.3, -0.25) is 0 Å². The molecule has 1 heteroatoms. The molecule has 0 amide bonds. The Labute approximate surface area is 84.4 Å². The van der Waals surface area contributed by atoms with Crippen molar-refractivity contribution in [3.8, 4) is 11.3 Å². The van der Waals surface area contributed by atoms with Crippen molar-refractivity contribution >= 4 is 0 Å². The van der Waals surface area contributed by atoms with Crippen LogP contribution in [0.1, 0.15) is 16.9 Å². The second-order valence-electron chi connectivity index (χ2n) is 3.72. The Hall–Kier alpha value is -1.50. The summed E-state index contributed by atoms with van der Waals surface area (Å²) < 4.78 is 5.64. The van der Waals surface area contributed by atoms with Crippen LogP contribution < -0.4 is 0 Å². The SMILES string of the molecule is Cc1ccc(-c2cc(C)c(C)o2)cc1. The zero-order valence-electron chi connectivity index (χ0n) is 8.79. The Morgan fingerprint density at radius 3 is 2.07 bits per heavy atom. The van der Waals surface area contributed by atoms with Gasteiger partial charge >= 0.3 is 0 Å². The number of benzene rings is 1. The van der Waals surface area contributed by atoms with Gasteiger partial charge in [0.05, 0.1) is 0 Å². The lowest BCUT2D eigenvalue weighted by atomic mass is 10.1. The first-order valence-corrected chi connectivity index (χ1v) is 4.81. The fourth-order valence-electron chi connectivity index (χ4n) is 1.43. The molecule has 1 nitrogen and oxygen atoms in total. The monoisotopic (exact) mass is 186 g/mol. The zero-order valence-corrected chi connectivity index (χ0v) is 8.79. The Kier molecular flexibility index (Phi) is 2.16. The van der Waals surface area contributed by atoms with E-state index < -0.39 is 0 Å². The fraction of sp³-hybridized carbons (Fsp3) is 0.231. The molecule has 0 fully saturated rings. The minimum Gasteiger partial charge on any atom is -0.461 e. The van der Waals surface area contributed by atoms with E-state index in [4.69, 9.17) is 4.42 Å². The van der Waals surface area contributed by atoms with Gasteiger partial charge in [-0.2, -0.15) is 0 Å². The summed E-state index contributed by atoms with van der Waals surface area (Å²) in [7, 11) is 0. The maximum absolute atomic E-state index is 5.64. The van der Waals surface area contributed by atoms with Gasteiger partial charge in [-0.25, -0.2) is 0 Å². The zero-order chi connectivity index (χ0) is 10.1. The third-order valence-corrected chi connectivity index (χ3v) is 2.50. The Bertz CT molecular complexity index is 415. The van der Waals surface area contributed by atoms with Crippen LogP contribution in [0.15, 0.2) is 34.7 Å². The van der Waals surface area contributed by atoms with Gasteiger partial charge in [-0.05, 0) is 32.4 Å². The van der Waals surface area contributed by atoms with Crippen LogP contribution in [0.2, 0.25) is 0 Å². The summed E-state index contributed by atoms with van der Waals surface area (Å²) in [6, 6.07) is 10.5. The minimum absolute atomic E-state index is 0.958. The van der Waals surface area contributed by atoms with Gasteiger partial charge in [0, 0.05) is 5.56 Å². The number of hydrogen-bond acceptors (Lipinski definition) is 1. The van der Waals surface area contributed by atoms with E-state index in [2.05, 4.69) is 44.2 Å². The van der Waals surface area contributed by atoms with Crippen molar-refractivity contribution in [2.75, 3.05) is 0 Å². The highest BCUT2D eigenvalue weighted by Gasteiger charge is 2.04. The highest BCUT2D eigenvalue weighted by molar-refractivity contribution is 5.59. The Morgan fingerprint density at radius 1 is 0.929 bits per heavy atom. The molecule has 0 aliphatic rings. The van der Waals surface area contributed by atoms with Gasteiger partial charge in [0.15, 0.2) is 0 Å². The fourth-order valence-corrected chi connectivity index (χ4v) is 1.43. The molecule has 1 aromatic carbocycles. The molecule has 1 heterocycles. The normalized spacial score (nSPS) is 10.5. The molecule has 1 aromatic heterocycles. The molecule has 2 rings (SSSR count). The van der Waals surface area contributed by atoms with Crippen molar-refractivity contribution in [1.82, 2.24) is 0 Å². The van der Waals surface area contributed by atoms with Gasteiger partial charge in [-0.15, -0.1) is 0 Å². The van der Waals surface area contributed by atoms with E-state index >= 15 is 0 Å². The Balaban J connectivity index is 2.44. The number of hydrogen-bond donors (Lipinski definition) is 0. The lowest BCUT2D eigenvalue weighted by molar-refractivity contribution is 0.545. The first kappa shape index (κ1) is 9.07. The van der Waals surface area contributed by atoms with E-state index in [9.17, 15) is 0 Å². The van der Waals surface area contributed by atoms with Crippen LogP contribution in [-0.2, 0) is 0 Å². The smallest absolute Gasteiger partial charge is 0.134 e. The topological polar surface area (TPSA) is 13.1 Å². The molecule has 0 spiro atoms. The van der Waals surface area contributed by atoms with Crippen LogP contribution >= 0.6 is 0 Å². The maximum atomic E-state index is 5.64. The van der Waals surface area contributed by atoms with Crippen molar-refractivity contribution in [2.45, 2.75) is 20.8 Å². The minimum atomic E-state index is 0.958. The predicted molar refractivity (Wildman–Crippen MR) is 58.4 cm³/mol. The van der Waals surface area contributed by atoms with Crippen molar-refractivity contribution in [3.63, 3.8) is 0 Å². The molecule has 0 saturated carbocycles. The van der Waals surface area contributed by atoms with Crippen molar-refractivity contribution in [1.29, 1.82) is 0 Å². The lowest BCUT2D eigenvalue weighted by Crippen LogP contribution is -1.74. The van der Waals surface area contributed by atoms with E-state index in [1.54, 1.807) is 0 Å². The number of aryl methyl sites for hydroxylation is 3. The molecule has 0 bridgehead atoms. The van der Waals surface area contributed by atoms with E-state index in [0.29, 0.717) is 0 Å². The summed E-state index contributed by atoms with van der Waals surface area (Å²) in [6.45, 7) is 6.14. The molecule has 0 radical (unpaired) electrons. The van der Waals surface area contributed by atoms with Crippen LogP contribution in [0.3, 0.4) is 0 Å². The van der Waals surface area contributed by atoms with E-state index in [1.807, 2.05) is 6.92 Å². The van der Waals surface area contributed by atoms with Gasteiger partial charge in [0.2, 0.25) is 0 Å². The molecule has 0 N–H and O–H groups in total. The second kappa shape index (κ2) is 3.33. The van der Waals surface area contributed by atoms with Gasteiger partial charge in [0.25, 0.3) is 0 Å². The summed E-state index contributed by atoms with van der Waals surface area (Å²) in [5.41, 5.74) is 3.63. The molecule has 0 aliphatic heterocycles. The number of rotatable bonds is 1. The average molecular weight is 186 g/mol. The molecule has 0 aliphatic carbocycles. The van der Waals surface area contributed by atoms with Gasteiger partial charge in [-0.1, -0.05) is 29.8 Å². The van der Waals surface area contributed by atoms with Crippen LogP contribution in [0.4, 0.5) is 0 Å². The molecule has 14 heavy (non-hydrogen) atoms. The summed E-state index contributed by atoms with van der Waals surface area (Å²) in [4.78, 5) is 0. The average Bonchev–Trinajstić information content (AvgIpc) is 2.48. The van der Waals surface area contributed by atoms with Crippen molar-refractivity contribution in [3.05, 3.63) is 47.2 Å². The lowest BCUT2D eigenvalue weighted by Gasteiger charge is -1.96. The second-order valence-corrected chi connectivity index (χ2v) is 3.72. The predicted octanol–water partition coefficient (Wildman–Crippen LogP) is 3.87. The first-order valence-electron chi connectivity index (χ1n) is 4.81. The molecular formula is C13H14O. The summed E-state index contributed by atoms with van der Waals surface area (Å²) >= 11 is 0. The highest BCUT2D eigenvalue weighted by atomic mass is 16.3. The molecule has 0 saturated heterocycles. The van der Waals surface area contributed by atoms with Gasteiger partial charge < -0.3 is 4.42 Å². The number of furan rings is 1. The van der Waals surface area contributed by atoms with Crippen molar-refractivity contribution in [2.24, 2.45) is 0 Å². The standard InChI is InChI=1S/C13H14O/c1-9-4-6-12(7-5-9)13-8-10(2)11(3)14-13/h4-8H,1-3H3. The molecular weight excluding hydrogens is 172 g/mol. The van der Waals surface area contributed by atoms with Crippen LogP contribution in [-0.4, -0.2) is 0 Å². The summed E-state index contributed by atoms with van der Waals surface area (Å²) in [6.07, 6.45) is 0. The first-order chi connectivity index (χ1) is 6.66. The van der Waals surface area contributed by atoms with Gasteiger partial charge in [0.1, 0.15) is 11.5 Å². The highest BCUT2D eigenvalue weighted by Crippen LogP contribution is 2.24. The molecule has 72 valence electrons. The quantitative estimate of drug-likeness (QED) is 0.658. The van der Waals surface area contributed by atoms with Crippen LogP contribution in [0, 0.1) is 20.8 Å². The summed E-state index contributed by atoms with van der Waals surface area (Å²) in [5, 5.41) is 0. The molecule has 0 unspecified atom stereocenters. The Morgan fingerprint density at radius 2 is 1.57 bits per heavy atom. The molecule has 2 aromatic rings. The third kappa shape index (κ3) is 1.58. The molecule has 0 atom stereocenters. The van der Waals surface area contributed by atoms with Crippen molar-refractivity contribution < 1.29 is 4.42 Å². The largest absolute Gasteiger partial charge is 0.461 e.